The molecule has 0 fully saturated rings. The number of benzene rings is 3. The zero-order valence-corrected chi connectivity index (χ0v) is 14.9. The van der Waals surface area contributed by atoms with Crippen molar-refractivity contribution in [2.75, 3.05) is 7.05 Å². The van der Waals surface area contributed by atoms with Crippen molar-refractivity contribution in [3.63, 3.8) is 0 Å². The molecule has 0 spiro atoms. The Balaban J connectivity index is 2.23. The Bertz CT molecular complexity index is 881. The minimum atomic E-state index is -0.327. The van der Waals surface area contributed by atoms with Crippen molar-refractivity contribution in [1.82, 2.24) is 0 Å². The summed E-state index contributed by atoms with van der Waals surface area (Å²) in [7, 11) is 1.72. The molecule has 0 aliphatic carbocycles. The number of aliphatic imine (C=N–C) groups is 1. The molecule has 0 bridgehead atoms. The zero-order chi connectivity index (χ0) is 17.9. The predicted molar refractivity (Wildman–Crippen MR) is 106 cm³/mol. The van der Waals surface area contributed by atoms with E-state index in [2.05, 4.69) is 49.2 Å². The third-order valence-electron chi connectivity index (χ3n) is 4.68. The van der Waals surface area contributed by atoms with Crippen LogP contribution in [0.1, 0.15) is 30.5 Å². The van der Waals surface area contributed by atoms with E-state index in [9.17, 15) is 5.11 Å². The summed E-state index contributed by atoms with van der Waals surface area (Å²) in [6.45, 7) is 4.28. The highest BCUT2D eigenvalue weighted by Crippen LogP contribution is 2.40. The molecule has 3 rings (SSSR count). The summed E-state index contributed by atoms with van der Waals surface area (Å²) in [5, 5.41) is 10.9. The van der Waals surface area contributed by atoms with Crippen LogP contribution in [0.15, 0.2) is 77.8 Å². The van der Waals surface area contributed by atoms with Gasteiger partial charge in [-0.25, -0.2) is 0 Å². The van der Waals surface area contributed by atoms with E-state index in [0.29, 0.717) is 5.75 Å². The summed E-state index contributed by atoms with van der Waals surface area (Å²) in [5.41, 5.74) is 4.67. The number of rotatable bonds is 4. The van der Waals surface area contributed by atoms with E-state index in [1.165, 1.54) is 0 Å². The Morgan fingerprint density at radius 2 is 1.44 bits per heavy atom. The van der Waals surface area contributed by atoms with Crippen molar-refractivity contribution < 1.29 is 5.11 Å². The van der Waals surface area contributed by atoms with E-state index < -0.39 is 0 Å². The molecule has 3 aromatic carbocycles. The first-order valence-electron chi connectivity index (χ1n) is 8.44. The number of phenols is 1. The fraction of sp³-hybridized carbons (Fsp3) is 0.174. The van der Waals surface area contributed by atoms with Crippen LogP contribution in [-0.2, 0) is 5.41 Å². The molecule has 2 heteroatoms. The predicted octanol–water partition coefficient (Wildman–Crippen LogP) is 5.43. The maximum atomic E-state index is 10.9. The summed E-state index contributed by atoms with van der Waals surface area (Å²) in [6, 6.07) is 24.6. The number of aromatic hydroxyl groups is 1. The standard InChI is InChI=1S/C23H23NO/c1-23(2,20-12-8-5-9-13-20)21-15-18(17-10-6-4-7-11-17)14-19(16-24-3)22(21)25/h4-16,25H,1-3H3. The molecule has 0 saturated heterocycles. The maximum absolute atomic E-state index is 10.9. The quantitative estimate of drug-likeness (QED) is 0.636. The van der Waals surface area contributed by atoms with Crippen molar-refractivity contribution in [2.45, 2.75) is 19.3 Å². The molecule has 3 aromatic rings. The number of phenolic OH excluding ortho intramolecular Hbond substituents is 1. The third kappa shape index (κ3) is 3.34. The zero-order valence-electron chi connectivity index (χ0n) is 14.9. The van der Waals surface area contributed by atoms with Gasteiger partial charge in [0.1, 0.15) is 5.75 Å². The molecule has 0 amide bonds. The topological polar surface area (TPSA) is 32.6 Å². The smallest absolute Gasteiger partial charge is 0.128 e. The lowest BCUT2D eigenvalue weighted by atomic mass is 9.76. The second-order valence-electron chi connectivity index (χ2n) is 6.71. The fourth-order valence-electron chi connectivity index (χ4n) is 3.18. The van der Waals surface area contributed by atoms with Crippen molar-refractivity contribution in [3.8, 4) is 16.9 Å². The van der Waals surface area contributed by atoms with Crippen LogP contribution in [0, 0.1) is 0 Å². The largest absolute Gasteiger partial charge is 0.507 e. The van der Waals surface area contributed by atoms with Gasteiger partial charge in [0.2, 0.25) is 0 Å². The van der Waals surface area contributed by atoms with Gasteiger partial charge in [-0.15, -0.1) is 0 Å². The maximum Gasteiger partial charge on any atom is 0.128 e. The Labute approximate surface area is 149 Å². The highest BCUT2D eigenvalue weighted by Gasteiger charge is 2.27. The second kappa shape index (κ2) is 6.94. The van der Waals surface area contributed by atoms with Crippen LogP contribution in [0.5, 0.6) is 5.75 Å². The van der Waals surface area contributed by atoms with Crippen LogP contribution < -0.4 is 0 Å². The number of hydrogen-bond donors (Lipinski definition) is 1. The molecule has 0 heterocycles. The van der Waals surface area contributed by atoms with E-state index >= 15 is 0 Å². The lowest BCUT2D eigenvalue weighted by molar-refractivity contribution is 0.452. The number of hydrogen-bond acceptors (Lipinski definition) is 2. The molecular weight excluding hydrogens is 306 g/mol. The molecule has 0 aliphatic heterocycles. The SMILES string of the molecule is CN=Cc1cc(-c2ccccc2)cc(C(C)(C)c2ccccc2)c1O. The summed E-state index contributed by atoms with van der Waals surface area (Å²) >= 11 is 0. The van der Waals surface area contributed by atoms with E-state index in [-0.39, 0.29) is 5.41 Å². The van der Waals surface area contributed by atoms with Gasteiger partial charge < -0.3 is 5.11 Å². The van der Waals surface area contributed by atoms with Gasteiger partial charge >= 0.3 is 0 Å². The highest BCUT2D eigenvalue weighted by atomic mass is 16.3. The van der Waals surface area contributed by atoms with Gasteiger partial charge in [0.25, 0.3) is 0 Å². The Hall–Kier alpha value is -2.87. The Morgan fingerprint density at radius 1 is 0.840 bits per heavy atom. The average Bonchev–Trinajstić information content (AvgIpc) is 2.65. The third-order valence-corrected chi connectivity index (χ3v) is 4.68. The van der Waals surface area contributed by atoms with Crippen LogP contribution >= 0.6 is 0 Å². The first-order valence-corrected chi connectivity index (χ1v) is 8.44. The van der Waals surface area contributed by atoms with Gasteiger partial charge in [-0.3, -0.25) is 4.99 Å². The highest BCUT2D eigenvalue weighted by molar-refractivity contribution is 5.87. The first kappa shape index (κ1) is 17.0. The van der Waals surface area contributed by atoms with Crippen LogP contribution in [0.25, 0.3) is 11.1 Å². The van der Waals surface area contributed by atoms with Crippen molar-refractivity contribution in [1.29, 1.82) is 0 Å². The molecule has 126 valence electrons. The molecule has 25 heavy (non-hydrogen) atoms. The van der Waals surface area contributed by atoms with Crippen LogP contribution in [-0.4, -0.2) is 18.4 Å². The van der Waals surface area contributed by atoms with Gasteiger partial charge in [0.15, 0.2) is 0 Å². The van der Waals surface area contributed by atoms with Crippen molar-refractivity contribution >= 4 is 6.21 Å². The Kier molecular flexibility index (Phi) is 4.71. The van der Waals surface area contributed by atoms with Crippen LogP contribution in [0.3, 0.4) is 0 Å². The monoisotopic (exact) mass is 329 g/mol. The average molecular weight is 329 g/mol. The summed E-state index contributed by atoms with van der Waals surface area (Å²) < 4.78 is 0. The van der Waals surface area contributed by atoms with Crippen molar-refractivity contribution in [2.24, 2.45) is 4.99 Å². The molecule has 0 unspecified atom stereocenters. The first-order chi connectivity index (χ1) is 12.0. The van der Waals surface area contributed by atoms with Gasteiger partial charge in [-0.1, -0.05) is 74.5 Å². The van der Waals surface area contributed by atoms with Gasteiger partial charge in [0.05, 0.1) is 0 Å². The van der Waals surface area contributed by atoms with Crippen LogP contribution in [0.4, 0.5) is 0 Å². The van der Waals surface area contributed by atoms with E-state index in [1.807, 2.05) is 42.5 Å². The normalized spacial score (nSPS) is 11.8. The lowest BCUT2D eigenvalue weighted by Gasteiger charge is -2.28. The van der Waals surface area contributed by atoms with Gasteiger partial charge in [0, 0.05) is 29.8 Å². The Morgan fingerprint density at radius 3 is 2.04 bits per heavy atom. The van der Waals surface area contributed by atoms with Gasteiger partial charge in [-0.05, 0) is 28.8 Å². The fourth-order valence-corrected chi connectivity index (χ4v) is 3.18. The van der Waals surface area contributed by atoms with E-state index in [4.69, 9.17) is 0 Å². The minimum absolute atomic E-state index is 0.291. The van der Waals surface area contributed by atoms with E-state index in [0.717, 1.165) is 27.8 Å². The molecule has 2 nitrogen and oxygen atoms in total. The minimum Gasteiger partial charge on any atom is -0.507 e. The molecule has 0 radical (unpaired) electrons. The number of nitrogens with zero attached hydrogens (tertiary/aromatic N) is 1. The molecule has 0 atom stereocenters. The summed E-state index contributed by atoms with van der Waals surface area (Å²) in [5.74, 6) is 0.291. The van der Waals surface area contributed by atoms with Crippen LogP contribution in [0.2, 0.25) is 0 Å². The van der Waals surface area contributed by atoms with E-state index in [1.54, 1.807) is 13.3 Å². The molecule has 1 N–H and O–H groups in total. The molecule has 0 aliphatic rings. The lowest BCUT2D eigenvalue weighted by Crippen LogP contribution is -2.19. The molecule has 0 saturated carbocycles. The summed E-state index contributed by atoms with van der Waals surface area (Å²) in [6.07, 6.45) is 1.71. The van der Waals surface area contributed by atoms with Crippen molar-refractivity contribution in [3.05, 3.63) is 89.5 Å². The molecular formula is C23H23NO. The molecule has 0 aromatic heterocycles. The summed E-state index contributed by atoms with van der Waals surface area (Å²) in [4.78, 5) is 4.11. The second-order valence-corrected chi connectivity index (χ2v) is 6.71. The van der Waals surface area contributed by atoms with Gasteiger partial charge in [-0.2, -0.15) is 0 Å².